The van der Waals surface area contributed by atoms with Crippen LogP contribution in [0.1, 0.15) is 28.8 Å². The number of likely N-dealkylation sites (tertiary alicyclic amines) is 1. The lowest BCUT2D eigenvalue weighted by Gasteiger charge is -2.31. The third kappa shape index (κ3) is 3.58. The minimum atomic E-state index is -0.453. The fraction of sp³-hybridized carbons (Fsp3) is 0.273. The normalized spacial score (nSPS) is 15.1. The van der Waals surface area contributed by atoms with Crippen molar-refractivity contribution < 1.29 is 14.3 Å². The second-order valence-corrected chi connectivity index (χ2v) is 7.00. The molecule has 0 atom stereocenters. The number of nitrogens with one attached hydrogen (secondary N) is 1. The maximum Gasteiger partial charge on any atom is 0.295 e. The number of rotatable bonds is 4. The van der Waals surface area contributed by atoms with Gasteiger partial charge in [-0.3, -0.25) is 9.59 Å². The van der Waals surface area contributed by atoms with Gasteiger partial charge in [0.25, 0.3) is 11.7 Å². The zero-order valence-corrected chi connectivity index (χ0v) is 15.3. The van der Waals surface area contributed by atoms with Crippen LogP contribution in [-0.4, -0.2) is 40.8 Å². The number of para-hydroxylation sites is 1. The molecular formula is C22H22N2O3. The predicted octanol–water partition coefficient (Wildman–Crippen LogP) is 3.73. The number of ether oxygens (including phenoxy) is 1. The Morgan fingerprint density at radius 3 is 2.48 bits per heavy atom. The SMILES string of the molecule is Cc1ccc(OC2CCN(C(=O)C(=O)c3c[nH]c4ccccc34)CC2)cc1. The topological polar surface area (TPSA) is 62.4 Å². The number of piperidine rings is 1. The van der Waals surface area contributed by atoms with E-state index in [2.05, 4.69) is 4.98 Å². The first kappa shape index (κ1) is 17.3. The number of aromatic nitrogens is 1. The summed E-state index contributed by atoms with van der Waals surface area (Å²) in [7, 11) is 0. The Hall–Kier alpha value is -3.08. The van der Waals surface area contributed by atoms with Gasteiger partial charge in [0, 0.05) is 43.0 Å². The molecule has 4 rings (SSSR count). The van der Waals surface area contributed by atoms with Crippen molar-refractivity contribution in [2.45, 2.75) is 25.9 Å². The number of fused-ring (bicyclic) bond motifs is 1. The molecule has 1 N–H and O–H groups in total. The summed E-state index contributed by atoms with van der Waals surface area (Å²) >= 11 is 0. The summed E-state index contributed by atoms with van der Waals surface area (Å²) in [5, 5.41) is 0.786. The molecule has 1 aliphatic rings. The Bertz CT molecular complexity index is 967. The number of hydrogen-bond donors (Lipinski definition) is 1. The molecule has 0 spiro atoms. The van der Waals surface area contributed by atoms with Crippen molar-refractivity contribution in [1.29, 1.82) is 0 Å². The molecule has 3 aromatic rings. The molecule has 5 nitrogen and oxygen atoms in total. The average Bonchev–Trinajstić information content (AvgIpc) is 3.13. The van der Waals surface area contributed by atoms with Gasteiger partial charge >= 0.3 is 0 Å². The van der Waals surface area contributed by atoms with E-state index < -0.39 is 11.7 Å². The van der Waals surface area contributed by atoms with E-state index in [1.807, 2.05) is 55.5 Å². The number of nitrogens with zero attached hydrogens (tertiary/aromatic N) is 1. The van der Waals surface area contributed by atoms with Crippen LogP contribution < -0.4 is 4.74 Å². The summed E-state index contributed by atoms with van der Waals surface area (Å²) < 4.78 is 6.00. The van der Waals surface area contributed by atoms with E-state index in [1.54, 1.807) is 11.1 Å². The molecule has 1 aliphatic heterocycles. The fourth-order valence-electron chi connectivity index (χ4n) is 3.50. The van der Waals surface area contributed by atoms with Gasteiger partial charge < -0.3 is 14.6 Å². The van der Waals surface area contributed by atoms with E-state index in [4.69, 9.17) is 4.74 Å². The number of hydrogen-bond acceptors (Lipinski definition) is 3. The first-order chi connectivity index (χ1) is 13.1. The van der Waals surface area contributed by atoms with E-state index in [9.17, 15) is 9.59 Å². The highest BCUT2D eigenvalue weighted by atomic mass is 16.5. The first-order valence-corrected chi connectivity index (χ1v) is 9.25. The summed E-state index contributed by atoms with van der Waals surface area (Å²) in [5.41, 5.74) is 2.49. The van der Waals surface area contributed by atoms with Gasteiger partial charge in [-0.15, -0.1) is 0 Å². The quantitative estimate of drug-likeness (QED) is 0.568. The molecule has 1 fully saturated rings. The lowest BCUT2D eigenvalue weighted by Crippen LogP contribution is -2.44. The van der Waals surface area contributed by atoms with Crippen LogP contribution in [0.3, 0.4) is 0 Å². The molecule has 0 radical (unpaired) electrons. The number of aromatic amines is 1. The molecule has 2 heterocycles. The monoisotopic (exact) mass is 362 g/mol. The molecule has 0 unspecified atom stereocenters. The van der Waals surface area contributed by atoms with Crippen molar-refractivity contribution in [3.63, 3.8) is 0 Å². The third-order valence-electron chi connectivity index (χ3n) is 5.08. The first-order valence-electron chi connectivity index (χ1n) is 9.25. The van der Waals surface area contributed by atoms with Crippen molar-refractivity contribution in [3.05, 3.63) is 65.9 Å². The standard InChI is InChI=1S/C22H22N2O3/c1-15-6-8-16(9-7-15)27-17-10-12-24(13-11-17)22(26)21(25)19-14-23-20-5-3-2-4-18(19)20/h2-9,14,17,23H,10-13H2,1H3. The van der Waals surface area contributed by atoms with Crippen molar-refractivity contribution >= 4 is 22.6 Å². The van der Waals surface area contributed by atoms with Crippen LogP contribution in [0.2, 0.25) is 0 Å². The molecular weight excluding hydrogens is 340 g/mol. The maximum absolute atomic E-state index is 12.7. The van der Waals surface area contributed by atoms with E-state index in [0.717, 1.165) is 29.5 Å². The Morgan fingerprint density at radius 2 is 1.74 bits per heavy atom. The van der Waals surface area contributed by atoms with Crippen molar-refractivity contribution in [3.8, 4) is 5.75 Å². The van der Waals surface area contributed by atoms with Crippen LogP contribution >= 0.6 is 0 Å². The summed E-state index contributed by atoms with van der Waals surface area (Å²) in [5.74, 6) is -0.0425. The molecule has 1 amide bonds. The third-order valence-corrected chi connectivity index (χ3v) is 5.08. The Balaban J connectivity index is 1.38. The number of carbonyl (C=O) groups excluding carboxylic acids is 2. The van der Waals surface area contributed by atoms with Gasteiger partial charge in [-0.25, -0.2) is 0 Å². The Labute approximate surface area is 157 Å². The molecule has 0 aliphatic carbocycles. The van der Waals surface area contributed by atoms with Crippen molar-refractivity contribution in [2.75, 3.05) is 13.1 Å². The zero-order valence-electron chi connectivity index (χ0n) is 15.3. The number of H-pyrrole nitrogens is 1. The highest BCUT2D eigenvalue weighted by molar-refractivity contribution is 6.44. The number of aryl methyl sites for hydroxylation is 1. The Morgan fingerprint density at radius 1 is 1.04 bits per heavy atom. The van der Waals surface area contributed by atoms with E-state index in [-0.39, 0.29) is 6.10 Å². The van der Waals surface area contributed by atoms with Gasteiger partial charge in [-0.1, -0.05) is 35.9 Å². The molecule has 1 aromatic heterocycles. The molecule has 2 aromatic carbocycles. The molecule has 0 bridgehead atoms. The summed E-state index contributed by atoms with van der Waals surface area (Å²) in [6.07, 6.45) is 3.14. The largest absolute Gasteiger partial charge is 0.490 e. The highest BCUT2D eigenvalue weighted by Crippen LogP contribution is 2.22. The number of Topliss-reactive ketones (excluding diaryl/α,β-unsaturated/α-hetero) is 1. The molecule has 1 saturated heterocycles. The number of carbonyl (C=O) groups is 2. The van der Waals surface area contributed by atoms with Crippen LogP contribution in [-0.2, 0) is 4.79 Å². The van der Waals surface area contributed by atoms with Crippen LogP contribution in [0.4, 0.5) is 0 Å². The summed E-state index contributed by atoms with van der Waals surface area (Å²) in [6, 6.07) is 15.5. The second-order valence-electron chi connectivity index (χ2n) is 7.00. The summed E-state index contributed by atoms with van der Waals surface area (Å²) in [4.78, 5) is 30.0. The minimum Gasteiger partial charge on any atom is -0.490 e. The number of ketones is 1. The van der Waals surface area contributed by atoms with Gasteiger partial charge in [-0.05, 0) is 25.1 Å². The second kappa shape index (κ2) is 7.27. The number of amides is 1. The van der Waals surface area contributed by atoms with Crippen LogP contribution in [0, 0.1) is 6.92 Å². The van der Waals surface area contributed by atoms with Gasteiger partial charge in [0.1, 0.15) is 11.9 Å². The molecule has 27 heavy (non-hydrogen) atoms. The van der Waals surface area contributed by atoms with Crippen LogP contribution in [0.5, 0.6) is 5.75 Å². The average molecular weight is 362 g/mol. The molecule has 138 valence electrons. The highest BCUT2D eigenvalue weighted by Gasteiger charge is 2.29. The van der Waals surface area contributed by atoms with Crippen LogP contribution in [0.15, 0.2) is 54.7 Å². The fourth-order valence-corrected chi connectivity index (χ4v) is 3.50. The van der Waals surface area contributed by atoms with Gasteiger partial charge in [-0.2, -0.15) is 0 Å². The zero-order chi connectivity index (χ0) is 18.8. The van der Waals surface area contributed by atoms with Gasteiger partial charge in [0.2, 0.25) is 0 Å². The van der Waals surface area contributed by atoms with Crippen LogP contribution in [0.25, 0.3) is 10.9 Å². The van der Waals surface area contributed by atoms with Crippen molar-refractivity contribution in [1.82, 2.24) is 9.88 Å². The lowest BCUT2D eigenvalue weighted by molar-refractivity contribution is -0.128. The lowest BCUT2D eigenvalue weighted by atomic mass is 10.0. The Kier molecular flexibility index (Phi) is 4.67. The molecule has 5 heteroatoms. The maximum atomic E-state index is 12.7. The minimum absolute atomic E-state index is 0.0694. The van der Waals surface area contributed by atoms with E-state index in [1.165, 1.54) is 5.56 Å². The van der Waals surface area contributed by atoms with Gasteiger partial charge in [0.05, 0.1) is 5.56 Å². The van der Waals surface area contributed by atoms with E-state index in [0.29, 0.717) is 18.7 Å². The smallest absolute Gasteiger partial charge is 0.295 e. The predicted molar refractivity (Wildman–Crippen MR) is 104 cm³/mol. The van der Waals surface area contributed by atoms with E-state index >= 15 is 0 Å². The van der Waals surface area contributed by atoms with Gasteiger partial charge in [0.15, 0.2) is 0 Å². The summed E-state index contributed by atoms with van der Waals surface area (Å²) in [6.45, 7) is 3.10. The molecule has 0 saturated carbocycles. The number of benzene rings is 2. The van der Waals surface area contributed by atoms with Crippen molar-refractivity contribution in [2.24, 2.45) is 0 Å².